The topological polar surface area (TPSA) is 34.1 Å². The van der Waals surface area contributed by atoms with Crippen molar-refractivity contribution in [2.75, 3.05) is 0 Å². The third-order valence-electron chi connectivity index (χ3n) is 3.29. The van der Waals surface area contributed by atoms with Gasteiger partial charge in [0.1, 0.15) is 5.78 Å². The molecule has 13 heavy (non-hydrogen) atoms. The zero-order valence-electron chi connectivity index (χ0n) is 7.93. The molecule has 0 heterocycles. The second-order valence-electron chi connectivity index (χ2n) is 4.41. The van der Waals surface area contributed by atoms with Crippen LogP contribution in [-0.2, 0) is 9.59 Å². The van der Waals surface area contributed by atoms with E-state index >= 15 is 0 Å². The van der Waals surface area contributed by atoms with Crippen LogP contribution in [-0.4, -0.2) is 11.6 Å². The van der Waals surface area contributed by atoms with E-state index in [9.17, 15) is 9.59 Å². The number of allylic oxidation sites excluding steroid dienone is 2. The molecule has 0 saturated heterocycles. The highest BCUT2D eigenvalue weighted by molar-refractivity contribution is 5.93. The van der Waals surface area contributed by atoms with E-state index in [1.807, 2.05) is 0 Å². The maximum Gasteiger partial charge on any atom is 0.155 e. The fourth-order valence-corrected chi connectivity index (χ4v) is 2.37. The molecule has 0 aromatic carbocycles. The predicted molar refractivity (Wildman–Crippen MR) is 49.3 cm³/mol. The van der Waals surface area contributed by atoms with Crippen LogP contribution in [0.2, 0.25) is 0 Å². The van der Waals surface area contributed by atoms with Crippen LogP contribution in [0.25, 0.3) is 0 Å². The van der Waals surface area contributed by atoms with Crippen LogP contribution in [0.4, 0.5) is 0 Å². The fraction of sp³-hybridized carbons (Fsp3) is 0.636. The minimum Gasteiger partial charge on any atom is -0.300 e. The summed E-state index contributed by atoms with van der Waals surface area (Å²) >= 11 is 0. The smallest absolute Gasteiger partial charge is 0.155 e. The molecule has 70 valence electrons. The number of Topliss-reactive ketones (excluding diaryl/α,β-unsaturated/α-hetero) is 1. The van der Waals surface area contributed by atoms with Crippen molar-refractivity contribution in [3.63, 3.8) is 0 Å². The molecule has 2 rings (SSSR count). The summed E-state index contributed by atoms with van der Waals surface area (Å²) in [5, 5.41) is 0. The molecule has 0 aromatic heterocycles. The van der Waals surface area contributed by atoms with E-state index in [-0.39, 0.29) is 11.2 Å². The van der Waals surface area contributed by atoms with Gasteiger partial charge in [0.25, 0.3) is 0 Å². The Hall–Kier alpha value is -0.920. The lowest BCUT2D eigenvalue weighted by Gasteiger charge is -2.37. The van der Waals surface area contributed by atoms with E-state index in [1.54, 1.807) is 6.08 Å². The van der Waals surface area contributed by atoms with Crippen molar-refractivity contribution >= 4 is 11.6 Å². The lowest BCUT2D eigenvalue weighted by atomic mass is 9.66. The molecule has 0 amide bonds. The van der Waals surface area contributed by atoms with Crippen LogP contribution >= 0.6 is 0 Å². The maximum absolute atomic E-state index is 11.3. The van der Waals surface area contributed by atoms with Crippen molar-refractivity contribution < 1.29 is 9.59 Å². The third kappa shape index (κ3) is 1.45. The summed E-state index contributed by atoms with van der Waals surface area (Å²) in [6, 6.07) is 0. The number of rotatable bonds is 0. The van der Waals surface area contributed by atoms with Crippen molar-refractivity contribution in [3.05, 3.63) is 11.6 Å². The monoisotopic (exact) mass is 178 g/mol. The predicted octanol–water partition coefficient (Wildman–Crippen LogP) is 2.04. The van der Waals surface area contributed by atoms with Gasteiger partial charge in [-0.05, 0) is 24.3 Å². The molecule has 1 saturated carbocycles. The van der Waals surface area contributed by atoms with Crippen molar-refractivity contribution in [2.24, 2.45) is 5.41 Å². The number of carbonyl (C=O) groups excluding carboxylic acids is 2. The van der Waals surface area contributed by atoms with Gasteiger partial charge in [-0.15, -0.1) is 0 Å². The quantitative estimate of drug-likeness (QED) is 0.568. The molecule has 0 spiro atoms. The number of carbonyl (C=O) groups is 2. The van der Waals surface area contributed by atoms with Crippen LogP contribution in [0.3, 0.4) is 0 Å². The molecule has 2 heteroatoms. The lowest BCUT2D eigenvalue weighted by Crippen LogP contribution is -2.32. The van der Waals surface area contributed by atoms with Crippen molar-refractivity contribution in [1.29, 1.82) is 0 Å². The van der Waals surface area contributed by atoms with E-state index in [4.69, 9.17) is 0 Å². The van der Waals surface area contributed by atoms with Gasteiger partial charge in [-0.1, -0.05) is 12.5 Å². The van der Waals surface area contributed by atoms with Crippen LogP contribution in [0.1, 0.15) is 39.0 Å². The summed E-state index contributed by atoms with van der Waals surface area (Å²) in [5.74, 6) is 0.593. The summed E-state index contributed by atoms with van der Waals surface area (Å²) < 4.78 is 0. The third-order valence-corrected chi connectivity index (χ3v) is 3.29. The first-order chi connectivity index (χ1) is 6.10. The molecule has 2 aliphatic rings. The number of hydrogen-bond donors (Lipinski definition) is 0. The summed E-state index contributed by atoms with van der Waals surface area (Å²) in [6.07, 6.45) is 5.34. The lowest BCUT2D eigenvalue weighted by molar-refractivity contribution is -0.123. The van der Waals surface area contributed by atoms with Crippen LogP contribution < -0.4 is 0 Å². The summed E-state index contributed by atoms with van der Waals surface area (Å²) in [6.45, 7) is 2.11. The van der Waals surface area contributed by atoms with Gasteiger partial charge in [-0.3, -0.25) is 9.59 Å². The normalized spacial score (nSPS) is 34.1. The molecule has 0 aromatic rings. The second kappa shape index (κ2) is 2.79. The van der Waals surface area contributed by atoms with Gasteiger partial charge in [0.2, 0.25) is 0 Å². The molecule has 0 bridgehead atoms. The Labute approximate surface area is 78.0 Å². The van der Waals surface area contributed by atoms with Crippen molar-refractivity contribution in [1.82, 2.24) is 0 Å². The van der Waals surface area contributed by atoms with E-state index < -0.39 is 0 Å². The summed E-state index contributed by atoms with van der Waals surface area (Å²) in [4.78, 5) is 22.5. The van der Waals surface area contributed by atoms with E-state index in [2.05, 4.69) is 6.92 Å². The summed E-state index contributed by atoms with van der Waals surface area (Å²) in [5.41, 5.74) is 1.23. The van der Waals surface area contributed by atoms with Gasteiger partial charge in [0.05, 0.1) is 0 Å². The highest BCUT2D eigenvalue weighted by Gasteiger charge is 2.37. The van der Waals surface area contributed by atoms with Gasteiger partial charge >= 0.3 is 0 Å². The zero-order valence-corrected chi connectivity index (χ0v) is 7.93. The number of hydrogen-bond acceptors (Lipinski definition) is 2. The Kier molecular flexibility index (Phi) is 1.86. The molecule has 1 fully saturated rings. The second-order valence-corrected chi connectivity index (χ2v) is 4.41. The first-order valence-electron chi connectivity index (χ1n) is 4.86. The Morgan fingerprint density at radius 1 is 1.23 bits per heavy atom. The molecule has 0 aliphatic heterocycles. The van der Waals surface area contributed by atoms with Gasteiger partial charge in [0.15, 0.2) is 5.78 Å². The standard InChI is InChI=1S/C11H14O2/c1-11-5-4-9(12)6-8(11)2-3-10(13)7-11/h6H,2-5,7H2,1H3/t11-/m1/s1. The van der Waals surface area contributed by atoms with Crippen LogP contribution in [0, 0.1) is 5.41 Å². The zero-order chi connectivity index (χ0) is 9.47. The van der Waals surface area contributed by atoms with Crippen LogP contribution in [0.5, 0.6) is 0 Å². The average Bonchev–Trinajstić information content (AvgIpc) is 2.06. The molecule has 2 aliphatic carbocycles. The Bertz CT molecular complexity index is 301. The SMILES string of the molecule is C[C@]12CCC(=O)C=C1CCC(=O)C2. The van der Waals surface area contributed by atoms with Crippen molar-refractivity contribution in [3.8, 4) is 0 Å². The molecule has 0 radical (unpaired) electrons. The highest BCUT2D eigenvalue weighted by Crippen LogP contribution is 2.44. The molecular formula is C11H14O2. The maximum atomic E-state index is 11.3. The number of ketones is 2. The molecule has 0 N–H and O–H groups in total. The molecular weight excluding hydrogens is 164 g/mol. The van der Waals surface area contributed by atoms with E-state index in [0.717, 1.165) is 12.8 Å². The van der Waals surface area contributed by atoms with E-state index in [1.165, 1.54) is 5.57 Å². The first kappa shape index (κ1) is 8.67. The largest absolute Gasteiger partial charge is 0.300 e. The summed E-state index contributed by atoms with van der Waals surface area (Å²) in [7, 11) is 0. The number of fused-ring (bicyclic) bond motifs is 1. The first-order valence-corrected chi connectivity index (χ1v) is 4.86. The molecule has 1 atom stereocenters. The Balaban J connectivity index is 2.31. The molecule has 0 unspecified atom stereocenters. The minimum absolute atomic E-state index is 0.0171. The van der Waals surface area contributed by atoms with E-state index in [0.29, 0.717) is 25.0 Å². The highest BCUT2D eigenvalue weighted by atomic mass is 16.1. The van der Waals surface area contributed by atoms with Crippen LogP contribution in [0.15, 0.2) is 11.6 Å². The van der Waals surface area contributed by atoms with Gasteiger partial charge < -0.3 is 0 Å². The fourth-order valence-electron chi connectivity index (χ4n) is 2.37. The van der Waals surface area contributed by atoms with Gasteiger partial charge in [0, 0.05) is 19.3 Å². The Morgan fingerprint density at radius 3 is 2.77 bits per heavy atom. The molecule has 2 nitrogen and oxygen atoms in total. The Morgan fingerprint density at radius 2 is 2.00 bits per heavy atom. The van der Waals surface area contributed by atoms with Crippen molar-refractivity contribution in [2.45, 2.75) is 39.0 Å². The average molecular weight is 178 g/mol. The van der Waals surface area contributed by atoms with Gasteiger partial charge in [-0.25, -0.2) is 0 Å². The minimum atomic E-state index is 0.0171. The van der Waals surface area contributed by atoms with Gasteiger partial charge in [-0.2, -0.15) is 0 Å².